The smallest absolute Gasteiger partial charge is 0.135 e. The molecule has 0 fully saturated rings. The summed E-state index contributed by atoms with van der Waals surface area (Å²) < 4.78 is 6.14. The molecule has 0 aliphatic rings. The normalized spacial score (nSPS) is 11.0. The summed E-state index contributed by atoms with van der Waals surface area (Å²) in [6.07, 6.45) is 10.5. The Morgan fingerprint density at radius 2 is 1.45 bits per heavy atom. The highest BCUT2D eigenvalue weighted by molar-refractivity contribution is 6.03. The first-order valence-corrected chi connectivity index (χ1v) is 13.2. The Labute approximate surface area is 235 Å². The van der Waals surface area contributed by atoms with Crippen LogP contribution in [0.15, 0.2) is 119 Å². The summed E-state index contributed by atoms with van der Waals surface area (Å²) >= 11 is 0. The van der Waals surface area contributed by atoms with Gasteiger partial charge >= 0.3 is 0 Å². The quantitative estimate of drug-likeness (QED) is 0.156. The van der Waals surface area contributed by atoms with Crippen molar-refractivity contribution in [3.63, 3.8) is 0 Å². The van der Waals surface area contributed by atoms with E-state index < -0.39 is 0 Å². The van der Waals surface area contributed by atoms with Crippen molar-refractivity contribution >= 4 is 12.1 Å². The van der Waals surface area contributed by atoms with Crippen LogP contribution in [0, 0.1) is 5.41 Å². The Balaban J connectivity index is 0.000000312. The number of aromatic nitrogens is 2. The van der Waals surface area contributed by atoms with Gasteiger partial charge in [-0.15, -0.1) is 0 Å². The minimum atomic E-state index is 0.479. The van der Waals surface area contributed by atoms with Crippen LogP contribution < -0.4 is 11.1 Å². The highest BCUT2D eigenvalue weighted by Gasteiger charge is 2.14. The molecule has 3 aromatic heterocycles. The van der Waals surface area contributed by atoms with Crippen LogP contribution in [-0.2, 0) is 12.8 Å². The minimum Gasteiger partial charge on any atom is -0.456 e. The maximum atomic E-state index is 7.62. The Morgan fingerprint density at radius 3 is 2.10 bits per heavy atom. The van der Waals surface area contributed by atoms with Gasteiger partial charge in [-0.2, -0.15) is 0 Å². The van der Waals surface area contributed by atoms with Crippen molar-refractivity contribution in [2.75, 3.05) is 20.1 Å². The number of hydrogen-bond acceptors (Lipinski definition) is 6. The zero-order valence-corrected chi connectivity index (χ0v) is 22.6. The predicted molar refractivity (Wildman–Crippen MR) is 163 cm³/mol. The predicted octanol–water partition coefficient (Wildman–Crippen LogP) is 5.80. The molecule has 0 unspecified atom stereocenters. The van der Waals surface area contributed by atoms with Gasteiger partial charge in [-0.1, -0.05) is 60.7 Å². The summed E-state index contributed by atoms with van der Waals surface area (Å²) in [7, 11) is 1.95. The number of amidine groups is 1. The van der Waals surface area contributed by atoms with E-state index in [1.54, 1.807) is 12.4 Å². The molecule has 2 aromatic carbocycles. The van der Waals surface area contributed by atoms with Gasteiger partial charge in [0.05, 0.1) is 0 Å². The Kier molecular flexibility index (Phi) is 10.5. The zero-order chi connectivity index (χ0) is 28.0. The van der Waals surface area contributed by atoms with E-state index in [2.05, 4.69) is 26.3 Å². The molecule has 4 N–H and O–H groups in total. The number of hydrogen-bond donors (Lipinski definition) is 3. The van der Waals surface area contributed by atoms with Crippen molar-refractivity contribution in [3.8, 4) is 22.6 Å². The SMILES string of the molecule is CNCCc1cccnc1.N=Cc1ccccc1-c1ccc(-c2ccccc2C(N)=NCCc2cccnc2)o1. The van der Waals surface area contributed by atoms with Crippen LogP contribution >= 0.6 is 0 Å². The van der Waals surface area contributed by atoms with Gasteiger partial charge in [0, 0.05) is 59.8 Å². The third-order valence-corrected chi connectivity index (χ3v) is 6.25. The molecule has 0 saturated carbocycles. The van der Waals surface area contributed by atoms with Crippen LogP contribution in [0.25, 0.3) is 22.6 Å². The summed E-state index contributed by atoms with van der Waals surface area (Å²) in [5.74, 6) is 1.91. The number of nitrogens with one attached hydrogen (secondary N) is 2. The molecule has 0 saturated heterocycles. The van der Waals surface area contributed by atoms with Gasteiger partial charge in [0.1, 0.15) is 17.4 Å². The summed E-state index contributed by atoms with van der Waals surface area (Å²) in [4.78, 5) is 12.7. The second kappa shape index (κ2) is 14.9. The molecule has 0 aliphatic heterocycles. The van der Waals surface area contributed by atoms with Crippen molar-refractivity contribution in [2.45, 2.75) is 12.8 Å². The molecule has 0 spiro atoms. The third kappa shape index (κ3) is 7.82. The monoisotopic (exact) mass is 530 g/mol. The van der Waals surface area contributed by atoms with Crippen LogP contribution in [0.1, 0.15) is 22.3 Å². The summed E-state index contributed by atoms with van der Waals surface area (Å²) in [5, 5.41) is 10.7. The molecular formula is C33H34N6O. The molecule has 5 aromatic rings. The molecule has 202 valence electrons. The van der Waals surface area contributed by atoms with E-state index in [1.807, 2.05) is 98.3 Å². The van der Waals surface area contributed by atoms with Gasteiger partial charge in [-0.25, -0.2) is 0 Å². The van der Waals surface area contributed by atoms with Crippen molar-refractivity contribution < 1.29 is 4.42 Å². The Morgan fingerprint density at radius 1 is 0.825 bits per heavy atom. The fraction of sp³-hybridized carbons (Fsp3) is 0.152. The standard InChI is InChI=1S/C25H22N4O.C8H12N2/c26-16-19-7-1-2-8-20(19)23-11-12-24(30-23)21-9-3-4-10-22(21)25(27)29-15-13-18-6-5-14-28-17-18;1-9-6-4-8-3-2-5-10-7-8/h1-12,14,16-17,26H,13,15H2,(H2,27,29);2-3,5,7,9H,4,6H2,1H3. The third-order valence-electron chi connectivity index (χ3n) is 6.25. The van der Waals surface area contributed by atoms with Gasteiger partial charge in [-0.05, 0) is 61.8 Å². The average Bonchev–Trinajstić information content (AvgIpc) is 3.51. The number of aliphatic imine (C=N–C) groups is 1. The minimum absolute atomic E-state index is 0.479. The van der Waals surface area contributed by atoms with Gasteiger partial charge < -0.3 is 20.9 Å². The maximum absolute atomic E-state index is 7.62. The lowest BCUT2D eigenvalue weighted by Gasteiger charge is -2.08. The van der Waals surface area contributed by atoms with E-state index >= 15 is 0 Å². The summed E-state index contributed by atoms with van der Waals surface area (Å²) in [5.41, 5.74) is 12.2. The molecule has 40 heavy (non-hydrogen) atoms. The molecule has 7 heteroatoms. The first-order valence-electron chi connectivity index (χ1n) is 13.2. The summed E-state index contributed by atoms with van der Waals surface area (Å²) in [6.45, 7) is 1.60. The van der Waals surface area contributed by atoms with E-state index in [0.29, 0.717) is 23.9 Å². The average molecular weight is 531 g/mol. The van der Waals surface area contributed by atoms with Crippen molar-refractivity contribution in [1.82, 2.24) is 15.3 Å². The van der Waals surface area contributed by atoms with Crippen molar-refractivity contribution in [2.24, 2.45) is 10.7 Å². The van der Waals surface area contributed by atoms with Gasteiger partial charge in [0.2, 0.25) is 0 Å². The Bertz CT molecular complexity index is 1510. The van der Waals surface area contributed by atoms with Crippen LogP contribution in [-0.4, -0.2) is 42.2 Å². The number of nitrogens with two attached hydrogens (primary N) is 1. The lowest BCUT2D eigenvalue weighted by atomic mass is 10.0. The van der Waals surface area contributed by atoms with Gasteiger partial charge in [0.25, 0.3) is 0 Å². The molecule has 7 nitrogen and oxygen atoms in total. The number of furan rings is 1. The van der Waals surface area contributed by atoms with E-state index in [4.69, 9.17) is 15.6 Å². The molecule has 3 heterocycles. The molecule has 0 amide bonds. The fourth-order valence-corrected chi connectivity index (χ4v) is 4.15. The largest absolute Gasteiger partial charge is 0.456 e. The van der Waals surface area contributed by atoms with Crippen LogP contribution in [0.3, 0.4) is 0 Å². The van der Waals surface area contributed by atoms with Gasteiger partial charge in [0.15, 0.2) is 0 Å². The molecular weight excluding hydrogens is 496 g/mol. The van der Waals surface area contributed by atoms with Crippen molar-refractivity contribution in [1.29, 1.82) is 5.41 Å². The fourth-order valence-electron chi connectivity index (χ4n) is 4.15. The van der Waals surface area contributed by atoms with E-state index in [1.165, 1.54) is 11.8 Å². The molecule has 0 aliphatic carbocycles. The second-order valence-corrected chi connectivity index (χ2v) is 9.03. The summed E-state index contributed by atoms with van der Waals surface area (Å²) in [6, 6.07) is 27.4. The first-order chi connectivity index (χ1) is 19.7. The van der Waals surface area contributed by atoms with Crippen LogP contribution in [0.2, 0.25) is 0 Å². The number of benzene rings is 2. The highest BCUT2D eigenvalue weighted by Crippen LogP contribution is 2.31. The zero-order valence-electron chi connectivity index (χ0n) is 22.6. The molecule has 0 bridgehead atoms. The van der Waals surface area contributed by atoms with E-state index in [9.17, 15) is 0 Å². The first kappa shape index (κ1) is 28.1. The number of likely N-dealkylation sites (N-methyl/N-ethyl adjacent to an activating group) is 1. The number of rotatable bonds is 10. The topological polar surface area (TPSA) is 113 Å². The Hall–Kier alpha value is -4.88. The molecule has 0 atom stereocenters. The van der Waals surface area contributed by atoms with E-state index in [0.717, 1.165) is 47.2 Å². The van der Waals surface area contributed by atoms with Crippen molar-refractivity contribution in [3.05, 3.63) is 132 Å². The van der Waals surface area contributed by atoms with Crippen LogP contribution in [0.4, 0.5) is 0 Å². The second-order valence-electron chi connectivity index (χ2n) is 9.03. The lowest BCUT2D eigenvalue weighted by Crippen LogP contribution is -2.15. The molecule has 5 rings (SSSR count). The maximum Gasteiger partial charge on any atom is 0.135 e. The highest BCUT2D eigenvalue weighted by atomic mass is 16.3. The van der Waals surface area contributed by atoms with Gasteiger partial charge in [-0.3, -0.25) is 15.0 Å². The number of nitrogens with zero attached hydrogens (tertiary/aromatic N) is 3. The van der Waals surface area contributed by atoms with E-state index in [-0.39, 0.29) is 0 Å². The lowest BCUT2D eigenvalue weighted by molar-refractivity contribution is 0.597. The molecule has 0 radical (unpaired) electrons. The van der Waals surface area contributed by atoms with Crippen LogP contribution in [0.5, 0.6) is 0 Å². The number of pyridine rings is 2.